The van der Waals surface area contributed by atoms with Crippen molar-refractivity contribution in [1.82, 2.24) is 0 Å². The monoisotopic (exact) mass is 952 g/mol. The zero-order chi connectivity index (χ0) is 42.9. The Hall–Kier alpha value is -2.00. The topological polar surface area (TPSA) is 9.23 Å². The van der Waals surface area contributed by atoms with Crippen LogP contribution in [0.5, 0.6) is 0 Å². The smallest absolute Gasteiger partial charge is 1.00 e. The predicted molar refractivity (Wildman–Crippen MR) is 258 cm³/mol. The molecule has 2 unspecified atom stereocenters. The fourth-order valence-corrected chi connectivity index (χ4v) is 34.4. The van der Waals surface area contributed by atoms with E-state index in [0.717, 1.165) is 13.0 Å². The van der Waals surface area contributed by atoms with Gasteiger partial charge >= 0.3 is 371 Å². The quantitative estimate of drug-likeness (QED) is 0.0904. The summed E-state index contributed by atoms with van der Waals surface area (Å²) in [6.45, 7) is 34.0. The summed E-state index contributed by atoms with van der Waals surface area (Å²) in [5.41, 5.74) is 19.6. The molecule has 4 aromatic carbocycles. The van der Waals surface area contributed by atoms with Gasteiger partial charge in [0.25, 0.3) is 0 Å². The van der Waals surface area contributed by atoms with E-state index in [9.17, 15) is 0 Å². The summed E-state index contributed by atoms with van der Waals surface area (Å²) in [4.78, 5) is 0. The van der Waals surface area contributed by atoms with Gasteiger partial charge in [-0.05, 0) is 0 Å². The first-order valence-corrected chi connectivity index (χ1v) is 31.8. The largest absolute Gasteiger partial charge is 1.00 e. The van der Waals surface area contributed by atoms with Gasteiger partial charge in [0.1, 0.15) is 0 Å². The minimum atomic E-state index is -2.41. The molecule has 0 amide bonds. The third kappa shape index (κ3) is 11.8. The van der Waals surface area contributed by atoms with Crippen molar-refractivity contribution in [2.45, 2.75) is 165 Å². The fourth-order valence-electron chi connectivity index (χ4n) is 9.85. The van der Waals surface area contributed by atoms with Crippen LogP contribution in [0.2, 0.25) is 12.6 Å². The molecule has 0 saturated carbocycles. The number of hydrogen-bond acceptors (Lipinski definition) is 1. The van der Waals surface area contributed by atoms with E-state index in [0.29, 0.717) is 13.2 Å². The van der Waals surface area contributed by atoms with Crippen molar-refractivity contribution in [2.75, 3.05) is 6.61 Å². The molecule has 0 bridgehead atoms. The molecule has 61 heavy (non-hydrogen) atoms. The zero-order valence-electron chi connectivity index (χ0n) is 40.2. The van der Waals surface area contributed by atoms with E-state index >= 15 is 0 Å². The van der Waals surface area contributed by atoms with Gasteiger partial charge in [0, 0.05) is 0 Å². The van der Waals surface area contributed by atoms with Crippen LogP contribution in [-0.4, -0.2) is 17.6 Å². The molecule has 0 fully saturated rings. The first kappa shape index (κ1) is 51.6. The molecule has 4 aromatic rings. The Kier molecular flexibility index (Phi) is 18.1. The maximum absolute atomic E-state index is 6.09. The molecule has 1 nitrogen and oxygen atoms in total. The number of unbranched alkanes of at least 4 members (excludes halogenated alkanes) is 3. The molecule has 0 saturated heterocycles. The summed E-state index contributed by atoms with van der Waals surface area (Å²) in [6.07, 6.45) is 10.0. The van der Waals surface area contributed by atoms with Crippen molar-refractivity contribution in [3.8, 4) is 22.3 Å². The molecule has 6 rings (SSSR count). The minimum Gasteiger partial charge on any atom is -1.00 e. The number of fused-ring (bicyclic) bond motifs is 2. The average Bonchev–Trinajstić information content (AvgIpc) is 3.69. The van der Waals surface area contributed by atoms with Gasteiger partial charge in [-0.15, -0.1) is 0 Å². The molecule has 5 heteroatoms. The van der Waals surface area contributed by atoms with Crippen LogP contribution in [0, 0.1) is 5.92 Å². The molecule has 328 valence electrons. The summed E-state index contributed by atoms with van der Waals surface area (Å²) in [5.74, 6) is 0.523. The molecule has 0 aliphatic heterocycles. The van der Waals surface area contributed by atoms with E-state index < -0.39 is 25.8 Å². The maximum atomic E-state index is 6.09. The number of rotatable bonds is 14. The number of allylic oxidation sites excluding steroid dienone is 3. The van der Waals surface area contributed by atoms with Gasteiger partial charge in [-0.25, -0.2) is 0 Å². The Morgan fingerprint density at radius 3 is 1.70 bits per heavy atom. The van der Waals surface area contributed by atoms with Crippen LogP contribution in [-0.2, 0) is 35.9 Å². The van der Waals surface area contributed by atoms with Gasteiger partial charge < -0.3 is 24.8 Å². The molecular formula is C56H76Cl2OSiZr. The normalized spacial score (nSPS) is 16.5. The number of halogens is 2. The molecule has 2 aliphatic carbocycles. The third-order valence-electron chi connectivity index (χ3n) is 13.1. The van der Waals surface area contributed by atoms with Gasteiger partial charge in [0.2, 0.25) is 0 Å². The fraction of sp³-hybridized carbons (Fsp3) is 0.500. The van der Waals surface area contributed by atoms with E-state index in [1.807, 2.05) is 0 Å². The Labute approximate surface area is 393 Å². The second kappa shape index (κ2) is 21.3. The van der Waals surface area contributed by atoms with Crippen molar-refractivity contribution >= 4 is 17.1 Å². The maximum Gasteiger partial charge on any atom is -1.00 e. The van der Waals surface area contributed by atoms with Crippen molar-refractivity contribution in [2.24, 2.45) is 5.92 Å². The van der Waals surface area contributed by atoms with Crippen LogP contribution in [0.25, 0.3) is 33.9 Å². The molecule has 0 N–H and O–H groups in total. The van der Waals surface area contributed by atoms with Crippen LogP contribution < -0.4 is 24.8 Å². The number of ether oxygens (including phenoxy) is 1. The standard InChI is InChI=1S/C30H41O.C22H25.C4H10Si.2ClH.Zr/c1-22-21-24-13-12-15-27(23-16-18-25(19-17-23)29(2,3)4)28(24)26(22)14-10-8-9-11-20-31-30(5,6)7;1-15(2)18-13-17-7-6-8-20(21(17)14-18)16-9-11-19(12-10-16)22(3,4)5;1-3-4-5-2;;;/h12-13,15-19,21H,8-11,14,20H2,1-7H3;6-15H,1-5H3;3-4H2,1-2H3;2*1H;/q;;;;;+2/p-2. The molecule has 0 aromatic heterocycles. The van der Waals surface area contributed by atoms with Crippen LogP contribution in [0.4, 0.5) is 0 Å². The number of benzene rings is 4. The van der Waals surface area contributed by atoms with Crippen molar-refractivity contribution in [3.05, 3.63) is 129 Å². The first-order chi connectivity index (χ1) is 27.8. The zero-order valence-corrected chi connectivity index (χ0v) is 45.2. The Morgan fingerprint density at radius 1 is 0.656 bits per heavy atom. The summed E-state index contributed by atoms with van der Waals surface area (Å²) in [7, 11) is 0. The molecule has 0 spiro atoms. The first-order valence-electron chi connectivity index (χ1n) is 23.0. The van der Waals surface area contributed by atoms with E-state index in [1.165, 1.54) is 77.1 Å². The second-order valence-corrected chi connectivity index (χ2v) is 38.0. The van der Waals surface area contributed by atoms with E-state index in [2.05, 4.69) is 188 Å². The summed E-state index contributed by atoms with van der Waals surface area (Å²) in [6, 6.07) is 35.3. The van der Waals surface area contributed by atoms with Gasteiger partial charge in [-0.3, -0.25) is 0 Å². The van der Waals surface area contributed by atoms with E-state index in [4.69, 9.17) is 4.74 Å². The van der Waals surface area contributed by atoms with Gasteiger partial charge in [0.15, 0.2) is 0 Å². The number of hydrogen-bond donors (Lipinski definition) is 0. The summed E-state index contributed by atoms with van der Waals surface area (Å²) >= 11 is -2.41. The van der Waals surface area contributed by atoms with Gasteiger partial charge in [0.05, 0.1) is 0 Å². The molecule has 2 aliphatic rings. The second-order valence-electron chi connectivity index (χ2n) is 21.2. The van der Waals surface area contributed by atoms with Gasteiger partial charge in [-0.1, -0.05) is 0 Å². The molecule has 0 heterocycles. The average molecular weight is 955 g/mol. The van der Waals surface area contributed by atoms with Crippen molar-refractivity contribution in [1.29, 1.82) is 0 Å². The van der Waals surface area contributed by atoms with Crippen molar-refractivity contribution in [3.63, 3.8) is 0 Å². The van der Waals surface area contributed by atoms with Crippen LogP contribution in [0.1, 0.15) is 169 Å². The van der Waals surface area contributed by atoms with E-state index in [1.54, 1.807) is 33.4 Å². The predicted octanol–water partition coefficient (Wildman–Crippen LogP) is 10.7. The van der Waals surface area contributed by atoms with E-state index in [-0.39, 0.29) is 41.2 Å². The van der Waals surface area contributed by atoms with Crippen molar-refractivity contribution < 1.29 is 49.9 Å². The van der Waals surface area contributed by atoms with Crippen LogP contribution in [0.3, 0.4) is 0 Å². The molecular weight excluding hydrogens is 879 g/mol. The third-order valence-corrected chi connectivity index (χ3v) is 34.3. The summed E-state index contributed by atoms with van der Waals surface area (Å²) < 4.78 is 7.31. The van der Waals surface area contributed by atoms with Crippen LogP contribution in [0.15, 0.2) is 96.1 Å². The minimum absolute atomic E-state index is 0. The Bertz CT molecular complexity index is 2210. The SMILES string of the molecule is CCC[Si](C)=[Zr+2]([CH]1C(C(C)C)=Cc2c(-c3ccc(C(C)(C)C)cc3)cccc21)[CH]1C(C)=C(CCCCCCOC(C)(C)C)c2c(-c3ccc(C(C)(C)C)cc3)cccc21.[Cl-].[Cl-]. The summed E-state index contributed by atoms with van der Waals surface area (Å²) in [5, 5.41) is 0. The Morgan fingerprint density at radius 2 is 1.18 bits per heavy atom. The Balaban J connectivity index is 0.00000410. The molecule has 0 radical (unpaired) electrons. The van der Waals surface area contributed by atoms with Crippen LogP contribution >= 0.6 is 0 Å². The molecule has 2 atom stereocenters. The van der Waals surface area contributed by atoms with Gasteiger partial charge in [-0.2, -0.15) is 0 Å².